The molecule has 4 N–H and O–H groups in total. The third-order valence-electron chi connectivity index (χ3n) is 6.97. The molecule has 8 nitrogen and oxygen atoms in total. The monoisotopic (exact) mass is 479 g/mol. The minimum atomic E-state index is -1.30. The van der Waals surface area contributed by atoms with Crippen molar-refractivity contribution in [2.24, 2.45) is 5.41 Å². The molecule has 8 heteroatoms. The van der Waals surface area contributed by atoms with Crippen LogP contribution in [0, 0.1) is 5.41 Å². The van der Waals surface area contributed by atoms with Crippen molar-refractivity contribution < 1.29 is 24.6 Å². The first kappa shape index (κ1) is 24.6. The Morgan fingerprint density at radius 2 is 1.80 bits per heavy atom. The number of carboxylic acid groups (broad SMARTS) is 1. The standard InChI is InChI=1S/C27H33N3O5/c1-27(2,3)23(29-26(34)35)25(33)30-15-18-13-19(31)12-11-17(18)14-22(30)24(32)28-21-10-6-8-16-7-4-5-9-20(16)21/h4-5,7,9,11-13,21-23,29,31H,6,8,10,14-15H2,1-3H3,(H,28,32)(H,34,35)/t21-,22?,23?/m1/s1. The van der Waals surface area contributed by atoms with Crippen LogP contribution in [0.4, 0.5) is 4.79 Å². The van der Waals surface area contributed by atoms with E-state index < -0.39 is 29.5 Å². The van der Waals surface area contributed by atoms with Gasteiger partial charge in [-0.15, -0.1) is 0 Å². The van der Waals surface area contributed by atoms with Crippen LogP contribution < -0.4 is 10.6 Å². The van der Waals surface area contributed by atoms with Crippen molar-refractivity contribution in [2.75, 3.05) is 0 Å². The molecule has 3 amide bonds. The molecule has 35 heavy (non-hydrogen) atoms. The average molecular weight is 480 g/mol. The third-order valence-corrected chi connectivity index (χ3v) is 6.97. The van der Waals surface area contributed by atoms with Crippen molar-refractivity contribution in [3.05, 3.63) is 64.7 Å². The number of rotatable bonds is 4. The summed E-state index contributed by atoms with van der Waals surface area (Å²) < 4.78 is 0. The molecule has 2 aromatic rings. The molecule has 0 saturated carbocycles. The number of benzene rings is 2. The first-order valence-corrected chi connectivity index (χ1v) is 12.0. The summed E-state index contributed by atoms with van der Waals surface area (Å²) in [4.78, 5) is 40.4. The van der Waals surface area contributed by atoms with Gasteiger partial charge in [0, 0.05) is 13.0 Å². The van der Waals surface area contributed by atoms with E-state index >= 15 is 0 Å². The van der Waals surface area contributed by atoms with Crippen LogP contribution in [0.25, 0.3) is 0 Å². The molecule has 0 saturated heterocycles. The fourth-order valence-corrected chi connectivity index (χ4v) is 5.15. The van der Waals surface area contributed by atoms with E-state index in [4.69, 9.17) is 0 Å². The van der Waals surface area contributed by atoms with Gasteiger partial charge in [-0.2, -0.15) is 0 Å². The predicted molar refractivity (Wildman–Crippen MR) is 131 cm³/mol. The minimum Gasteiger partial charge on any atom is -0.508 e. The summed E-state index contributed by atoms with van der Waals surface area (Å²) in [7, 11) is 0. The van der Waals surface area contributed by atoms with Gasteiger partial charge in [0.25, 0.3) is 0 Å². The van der Waals surface area contributed by atoms with Gasteiger partial charge in [0.15, 0.2) is 0 Å². The van der Waals surface area contributed by atoms with Crippen LogP contribution in [-0.2, 0) is 29.0 Å². The second-order valence-corrected chi connectivity index (χ2v) is 10.5. The zero-order valence-corrected chi connectivity index (χ0v) is 20.4. The number of carbonyl (C=O) groups excluding carboxylic acids is 2. The minimum absolute atomic E-state index is 0.0777. The Balaban J connectivity index is 1.66. The number of hydrogen-bond donors (Lipinski definition) is 4. The van der Waals surface area contributed by atoms with Crippen LogP contribution in [-0.4, -0.2) is 45.1 Å². The van der Waals surface area contributed by atoms with E-state index in [1.807, 2.05) is 18.2 Å². The maximum Gasteiger partial charge on any atom is 0.405 e. The molecule has 3 atom stereocenters. The van der Waals surface area contributed by atoms with Crippen LogP contribution in [0.5, 0.6) is 5.75 Å². The lowest BCUT2D eigenvalue weighted by molar-refractivity contribution is -0.145. The molecule has 186 valence electrons. The van der Waals surface area contributed by atoms with Crippen molar-refractivity contribution >= 4 is 17.9 Å². The summed E-state index contributed by atoms with van der Waals surface area (Å²) in [6.07, 6.45) is 1.74. The van der Waals surface area contributed by atoms with Crippen molar-refractivity contribution in [3.63, 3.8) is 0 Å². The maximum atomic E-state index is 13.7. The van der Waals surface area contributed by atoms with Crippen molar-refractivity contribution in [2.45, 2.75) is 71.1 Å². The highest BCUT2D eigenvalue weighted by Crippen LogP contribution is 2.32. The Morgan fingerprint density at radius 3 is 2.51 bits per heavy atom. The van der Waals surface area contributed by atoms with E-state index in [0.717, 1.165) is 36.0 Å². The largest absolute Gasteiger partial charge is 0.508 e. The highest BCUT2D eigenvalue weighted by Gasteiger charge is 2.42. The van der Waals surface area contributed by atoms with Crippen LogP contribution >= 0.6 is 0 Å². The van der Waals surface area contributed by atoms with E-state index in [0.29, 0.717) is 0 Å². The van der Waals surface area contributed by atoms with Gasteiger partial charge in [-0.05, 0) is 59.1 Å². The number of nitrogens with one attached hydrogen (secondary N) is 2. The number of amides is 3. The van der Waals surface area contributed by atoms with E-state index in [2.05, 4.69) is 16.7 Å². The molecule has 2 aromatic carbocycles. The van der Waals surface area contributed by atoms with E-state index in [-0.39, 0.29) is 30.7 Å². The summed E-state index contributed by atoms with van der Waals surface area (Å²) in [5, 5.41) is 24.9. The molecular weight excluding hydrogens is 446 g/mol. The predicted octanol–water partition coefficient (Wildman–Crippen LogP) is 3.52. The number of carbonyl (C=O) groups is 3. The first-order valence-electron chi connectivity index (χ1n) is 12.0. The fourth-order valence-electron chi connectivity index (χ4n) is 5.15. The van der Waals surface area contributed by atoms with E-state index in [1.165, 1.54) is 10.5 Å². The van der Waals surface area contributed by atoms with Gasteiger partial charge in [-0.3, -0.25) is 9.59 Å². The quantitative estimate of drug-likeness (QED) is 0.535. The number of aromatic hydroxyl groups is 1. The normalized spacial score (nSPS) is 20.3. The Morgan fingerprint density at radius 1 is 1.06 bits per heavy atom. The molecule has 0 fully saturated rings. The Hall–Kier alpha value is -3.55. The highest BCUT2D eigenvalue weighted by molar-refractivity contribution is 5.92. The summed E-state index contributed by atoms with van der Waals surface area (Å²) in [6.45, 7) is 5.45. The molecule has 1 heterocycles. The van der Waals surface area contributed by atoms with Gasteiger partial charge in [0.1, 0.15) is 17.8 Å². The Bertz CT molecular complexity index is 1140. The van der Waals surface area contributed by atoms with Gasteiger partial charge in [-0.1, -0.05) is 51.1 Å². The molecule has 0 aromatic heterocycles. The molecule has 0 spiro atoms. The molecule has 2 aliphatic rings. The van der Waals surface area contributed by atoms with Gasteiger partial charge in [-0.25, -0.2) is 4.79 Å². The topological polar surface area (TPSA) is 119 Å². The number of phenols is 1. The second kappa shape index (κ2) is 9.60. The van der Waals surface area contributed by atoms with Crippen molar-refractivity contribution in [1.29, 1.82) is 0 Å². The summed E-state index contributed by atoms with van der Waals surface area (Å²) in [5.41, 5.74) is 3.24. The zero-order chi connectivity index (χ0) is 25.3. The molecule has 4 rings (SSSR count). The second-order valence-electron chi connectivity index (χ2n) is 10.5. The number of phenolic OH excluding ortho intramolecular Hbond substituents is 1. The SMILES string of the molecule is CC(C)(C)C(NC(=O)O)C(=O)N1Cc2cc(O)ccc2CC1C(=O)N[C@@H]1CCCc2ccccc21. The highest BCUT2D eigenvalue weighted by atomic mass is 16.4. The number of nitrogens with zero attached hydrogens (tertiary/aromatic N) is 1. The third kappa shape index (κ3) is 5.26. The van der Waals surface area contributed by atoms with Crippen LogP contribution in [0.2, 0.25) is 0 Å². The van der Waals surface area contributed by atoms with Crippen LogP contribution in [0.3, 0.4) is 0 Å². The summed E-state index contributed by atoms with van der Waals surface area (Å²) in [6, 6.07) is 11.1. The summed E-state index contributed by atoms with van der Waals surface area (Å²) >= 11 is 0. The van der Waals surface area contributed by atoms with Gasteiger partial charge < -0.3 is 25.7 Å². The zero-order valence-electron chi connectivity index (χ0n) is 20.4. The van der Waals surface area contributed by atoms with Crippen molar-refractivity contribution in [3.8, 4) is 5.75 Å². The van der Waals surface area contributed by atoms with Crippen LogP contribution in [0.15, 0.2) is 42.5 Å². The molecular formula is C27H33N3O5. The van der Waals surface area contributed by atoms with E-state index in [1.54, 1.807) is 39.0 Å². The number of hydrogen-bond acceptors (Lipinski definition) is 4. The van der Waals surface area contributed by atoms with Gasteiger partial charge in [0.05, 0.1) is 6.04 Å². The number of fused-ring (bicyclic) bond motifs is 2. The maximum absolute atomic E-state index is 13.7. The summed E-state index contributed by atoms with van der Waals surface area (Å²) in [5.74, 6) is -0.645. The van der Waals surface area contributed by atoms with Crippen molar-refractivity contribution in [1.82, 2.24) is 15.5 Å². The van der Waals surface area contributed by atoms with Gasteiger partial charge >= 0.3 is 6.09 Å². The Kier molecular flexibility index (Phi) is 6.74. The molecule has 1 aliphatic carbocycles. The Labute approximate surface area is 205 Å². The smallest absolute Gasteiger partial charge is 0.405 e. The lowest BCUT2D eigenvalue weighted by Gasteiger charge is -2.41. The van der Waals surface area contributed by atoms with Gasteiger partial charge in [0.2, 0.25) is 11.8 Å². The van der Waals surface area contributed by atoms with Crippen LogP contribution in [0.1, 0.15) is 61.9 Å². The average Bonchev–Trinajstić information content (AvgIpc) is 2.80. The first-order chi connectivity index (χ1) is 16.5. The fraction of sp³-hybridized carbons (Fsp3) is 0.444. The lowest BCUT2D eigenvalue weighted by atomic mass is 9.84. The molecule has 1 aliphatic heterocycles. The molecule has 2 unspecified atom stereocenters. The van der Waals surface area contributed by atoms with E-state index in [9.17, 15) is 24.6 Å². The number of aryl methyl sites for hydroxylation is 1. The lowest BCUT2D eigenvalue weighted by Crippen LogP contribution is -2.60. The molecule has 0 bridgehead atoms. The molecule has 0 radical (unpaired) electrons.